The van der Waals surface area contributed by atoms with E-state index < -0.39 is 0 Å². The highest BCUT2D eigenvalue weighted by atomic mass is 35.5. The molecule has 0 atom stereocenters. The molecule has 0 radical (unpaired) electrons. The summed E-state index contributed by atoms with van der Waals surface area (Å²) in [6.07, 6.45) is 7.65. The lowest BCUT2D eigenvalue weighted by atomic mass is 9.90. The van der Waals surface area contributed by atoms with E-state index in [9.17, 15) is 4.79 Å². The van der Waals surface area contributed by atoms with E-state index >= 15 is 0 Å². The van der Waals surface area contributed by atoms with Crippen LogP contribution in [0.25, 0.3) is 0 Å². The molecule has 1 amide bonds. The Hall–Kier alpha value is -1.60. The van der Waals surface area contributed by atoms with Gasteiger partial charge in [-0.25, -0.2) is 9.97 Å². The Bertz CT molecular complexity index is 788. The van der Waals surface area contributed by atoms with Crippen molar-refractivity contribution in [3.63, 3.8) is 0 Å². The Morgan fingerprint density at radius 2 is 1.81 bits per heavy atom. The van der Waals surface area contributed by atoms with Crippen LogP contribution in [0.1, 0.15) is 44.1 Å². The normalized spacial score (nSPS) is 17.2. The maximum absolute atomic E-state index is 11.5. The number of pyridine rings is 2. The molecule has 2 aromatic heterocycles. The third kappa shape index (κ3) is 8.11. The number of piperidine rings is 2. The summed E-state index contributed by atoms with van der Waals surface area (Å²) in [5.74, 6) is 1.42. The lowest BCUT2D eigenvalue weighted by molar-refractivity contribution is -0.129. The first-order valence-electron chi connectivity index (χ1n) is 10.4. The van der Waals surface area contributed by atoms with E-state index in [1.165, 1.54) is 11.8 Å². The van der Waals surface area contributed by atoms with Crippen LogP contribution in [0.15, 0.2) is 36.7 Å². The summed E-state index contributed by atoms with van der Waals surface area (Å²) >= 11 is 10.9. The van der Waals surface area contributed by atoms with Crippen LogP contribution in [0.3, 0.4) is 0 Å². The van der Waals surface area contributed by atoms with E-state index in [1.807, 2.05) is 17.2 Å². The molecule has 170 valence electrons. The van der Waals surface area contributed by atoms with Crippen LogP contribution >= 0.6 is 35.6 Å². The molecule has 0 aromatic carbocycles. The Balaban J connectivity index is 0.000000322. The number of hydrogen-bond acceptors (Lipinski definition) is 5. The third-order valence-corrected chi connectivity index (χ3v) is 5.88. The van der Waals surface area contributed by atoms with E-state index in [1.54, 1.807) is 19.1 Å². The number of nitrogens with zero attached hydrogens (tertiary/aromatic N) is 3. The Morgan fingerprint density at radius 3 is 2.39 bits per heavy atom. The molecule has 0 unspecified atom stereocenters. The van der Waals surface area contributed by atoms with Gasteiger partial charge in [0.05, 0.1) is 5.02 Å². The molecule has 6 nitrogen and oxygen atoms in total. The van der Waals surface area contributed by atoms with E-state index in [-0.39, 0.29) is 24.4 Å². The zero-order chi connectivity index (χ0) is 21.3. The van der Waals surface area contributed by atoms with E-state index in [0.29, 0.717) is 16.1 Å². The van der Waals surface area contributed by atoms with Crippen molar-refractivity contribution in [1.82, 2.24) is 20.2 Å². The highest BCUT2D eigenvalue weighted by Crippen LogP contribution is 2.33. The molecule has 2 aromatic rings. The van der Waals surface area contributed by atoms with E-state index in [4.69, 9.17) is 27.9 Å². The molecular formula is C22H29Cl3N4O2. The van der Waals surface area contributed by atoms with Gasteiger partial charge in [-0.1, -0.05) is 29.3 Å². The molecule has 4 heterocycles. The standard InChI is InChI=1S/C17H25N3O2.C5H3Cl2N.ClH/c1-13(21)20-11-6-14(7-12-20)16-3-2-8-19-17(16)22-15-4-9-18-10-5-15;6-4-1-2-5(7)8-3-4;/h2-3,8,14-15,18H,4-7,9-12H2,1H3;1-3H;1H. The van der Waals surface area contributed by atoms with Gasteiger partial charge in [-0.15, -0.1) is 12.4 Å². The lowest BCUT2D eigenvalue weighted by Crippen LogP contribution is -2.37. The number of rotatable bonds is 3. The number of hydrogen-bond donors (Lipinski definition) is 1. The van der Waals surface area contributed by atoms with Crippen molar-refractivity contribution in [3.05, 3.63) is 52.4 Å². The minimum Gasteiger partial charge on any atom is -0.474 e. The van der Waals surface area contributed by atoms with Gasteiger partial charge in [0, 0.05) is 38.0 Å². The van der Waals surface area contributed by atoms with Gasteiger partial charge < -0.3 is 15.0 Å². The number of carbonyl (C=O) groups is 1. The van der Waals surface area contributed by atoms with Crippen molar-refractivity contribution in [2.24, 2.45) is 0 Å². The van der Waals surface area contributed by atoms with Crippen LogP contribution in [0.4, 0.5) is 0 Å². The Labute approximate surface area is 200 Å². The number of likely N-dealkylation sites (tertiary alicyclic amines) is 1. The van der Waals surface area contributed by atoms with Crippen molar-refractivity contribution < 1.29 is 9.53 Å². The van der Waals surface area contributed by atoms with Gasteiger partial charge in [0.1, 0.15) is 11.3 Å². The smallest absolute Gasteiger partial charge is 0.219 e. The fourth-order valence-electron chi connectivity index (χ4n) is 3.75. The fourth-order valence-corrected chi connectivity index (χ4v) is 3.97. The number of amides is 1. The van der Waals surface area contributed by atoms with Crippen LogP contribution < -0.4 is 10.1 Å². The van der Waals surface area contributed by atoms with Gasteiger partial charge in [-0.2, -0.15) is 0 Å². The maximum Gasteiger partial charge on any atom is 0.219 e. The molecule has 0 bridgehead atoms. The van der Waals surface area contributed by atoms with Crippen molar-refractivity contribution in [3.8, 4) is 5.88 Å². The average Bonchev–Trinajstić information content (AvgIpc) is 2.77. The third-order valence-electron chi connectivity index (χ3n) is 5.44. The summed E-state index contributed by atoms with van der Waals surface area (Å²) in [6.45, 7) is 5.35. The number of ether oxygens (including phenoxy) is 1. The van der Waals surface area contributed by atoms with Gasteiger partial charge in [-0.3, -0.25) is 4.79 Å². The van der Waals surface area contributed by atoms with Gasteiger partial charge in [-0.05, 0) is 62.9 Å². The molecule has 2 fully saturated rings. The number of nitrogens with one attached hydrogen (secondary N) is 1. The molecule has 2 saturated heterocycles. The van der Waals surface area contributed by atoms with Crippen molar-refractivity contribution in [2.75, 3.05) is 26.2 Å². The number of halogens is 3. The zero-order valence-electron chi connectivity index (χ0n) is 17.6. The van der Waals surface area contributed by atoms with Gasteiger partial charge >= 0.3 is 0 Å². The van der Waals surface area contributed by atoms with Crippen LogP contribution in [-0.2, 0) is 4.79 Å². The van der Waals surface area contributed by atoms with E-state index in [2.05, 4.69) is 21.4 Å². The van der Waals surface area contributed by atoms with Gasteiger partial charge in [0.2, 0.25) is 11.8 Å². The first-order valence-corrected chi connectivity index (χ1v) is 11.1. The summed E-state index contributed by atoms with van der Waals surface area (Å²) in [5, 5.41) is 4.43. The number of aromatic nitrogens is 2. The highest BCUT2D eigenvalue weighted by Gasteiger charge is 2.26. The minimum absolute atomic E-state index is 0. The molecule has 0 saturated carbocycles. The molecule has 4 rings (SSSR count). The summed E-state index contributed by atoms with van der Waals surface area (Å²) < 4.78 is 6.18. The predicted molar refractivity (Wildman–Crippen MR) is 126 cm³/mol. The first kappa shape index (κ1) is 25.7. The molecule has 9 heteroatoms. The largest absolute Gasteiger partial charge is 0.474 e. The van der Waals surface area contributed by atoms with Crippen LogP contribution in [-0.4, -0.2) is 53.1 Å². The second-order valence-corrected chi connectivity index (χ2v) is 8.37. The van der Waals surface area contributed by atoms with E-state index in [0.717, 1.165) is 57.7 Å². The van der Waals surface area contributed by atoms with Crippen LogP contribution in [0, 0.1) is 0 Å². The molecule has 2 aliphatic heterocycles. The topological polar surface area (TPSA) is 67.4 Å². The van der Waals surface area contributed by atoms with Crippen molar-refractivity contribution in [2.45, 2.75) is 44.6 Å². The van der Waals surface area contributed by atoms with Crippen molar-refractivity contribution in [1.29, 1.82) is 0 Å². The Morgan fingerprint density at radius 1 is 1.10 bits per heavy atom. The molecule has 0 aliphatic carbocycles. The summed E-state index contributed by atoms with van der Waals surface area (Å²) in [7, 11) is 0. The quantitative estimate of drug-likeness (QED) is 0.633. The summed E-state index contributed by atoms with van der Waals surface area (Å²) in [4.78, 5) is 21.6. The Kier molecular flexibility index (Phi) is 10.8. The summed E-state index contributed by atoms with van der Waals surface area (Å²) in [6, 6.07) is 7.46. The first-order chi connectivity index (χ1) is 14.5. The minimum atomic E-state index is 0. The lowest BCUT2D eigenvalue weighted by Gasteiger charge is -2.32. The van der Waals surface area contributed by atoms with Crippen LogP contribution in [0.2, 0.25) is 10.2 Å². The second-order valence-electron chi connectivity index (χ2n) is 7.54. The maximum atomic E-state index is 11.5. The van der Waals surface area contributed by atoms with Gasteiger partial charge in [0.15, 0.2) is 0 Å². The number of carbonyl (C=O) groups excluding carboxylic acids is 1. The summed E-state index contributed by atoms with van der Waals surface area (Å²) in [5.41, 5.74) is 1.21. The zero-order valence-corrected chi connectivity index (χ0v) is 19.9. The predicted octanol–water partition coefficient (Wildman–Crippen LogP) is 4.75. The fraction of sp³-hybridized carbons (Fsp3) is 0.500. The highest BCUT2D eigenvalue weighted by molar-refractivity contribution is 6.31. The average molecular weight is 488 g/mol. The van der Waals surface area contributed by atoms with Gasteiger partial charge in [0.25, 0.3) is 0 Å². The molecule has 2 aliphatic rings. The van der Waals surface area contributed by atoms with Crippen molar-refractivity contribution >= 4 is 41.5 Å². The monoisotopic (exact) mass is 486 g/mol. The second kappa shape index (κ2) is 13.1. The van der Waals surface area contributed by atoms with Crippen LogP contribution in [0.5, 0.6) is 5.88 Å². The molecule has 1 N–H and O–H groups in total. The molecule has 0 spiro atoms. The SMILES string of the molecule is CC(=O)N1CCC(c2cccnc2OC2CCNCC2)CC1.Cl.Clc1ccc(Cl)nc1. The molecule has 31 heavy (non-hydrogen) atoms. The molecular weight excluding hydrogens is 459 g/mol.